The molecule has 128 valence electrons. The quantitative estimate of drug-likeness (QED) is 0.599. The molecule has 0 spiro atoms. The van der Waals surface area contributed by atoms with Crippen LogP contribution in [0.3, 0.4) is 0 Å². The Morgan fingerprint density at radius 1 is 0.840 bits per heavy atom. The van der Waals surface area contributed by atoms with Crippen LogP contribution in [0.4, 0.5) is 14.5 Å². The third-order valence-corrected chi connectivity index (χ3v) is 3.95. The fourth-order valence-corrected chi connectivity index (χ4v) is 2.44. The Kier molecular flexibility index (Phi) is 5.51. The zero-order valence-electron chi connectivity index (χ0n) is 13.3. The zero-order valence-corrected chi connectivity index (χ0v) is 14.1. The molecule has 0 heterocycles. The van der Waals surface area contributed by atoms with Gasteiger partial charge in [-0.05, 0) is 53.6 Å². The fourth-order valence-electron chi connectivity index (χ4n) is 2.26. The van der Waals surface area contributed by atoms with E-state index in [0.29, 0.717) is 13.2 Å². The van der Waals surface area contributed by atoms with E-state index in [2.05, 4.69) is 5.32 Å². The third-order valence-electron chi connectivity index (χ3n) is 3.66. The highest BCUT2D eigenvalue weighted by atomic mass is 35.5. The van der Waals surface area contributed by atoms with Gasteiger partial charge in [0.15, 0.2) is 0 Å². The first-order valence-corrected chi connectivity index (χ1v) is 8.13. The Labute approximate surface area is 150 Å². The van der Waals surface area contributed by atoms with Gasteiger partial charge in [0.1, 0.15) is 24.0 Å². The van der Waals surface area contributed by atoms with Crippen LogP contribution in [0.1, 0.15) is 11.1 Å². The minimum Gasteiger partial charge on any atom is -0.489 e. The second-order valence-electron chi connectivity index (χ2n) is 5.54. The molecule has 3 aromatic carbocycles. The molecule has 0 saturated carbocycles. The molecular formula is C20H16ClF2NO. The summed E-state index contributed by atoms with van der Waals surface area (Å²) >= 11 is 5.76. The van der Waals surface area contributed by atoms with E-state index in [9.17, 15) is 8.78 Å². The number of ether oxygens (including phenoxy) is 1. The SMILES string of the molecule is Fc1ccc(COc2ccc(CNc3ccc(F)c(Cl)c3)cc2)cc1. The molecule has 3 rings (SSSR count). The maximum atomic E-state index is 13.1. The molecular weight excluding hydrogens is 344 g/mol. The molecule has 0 atom stereocenters. The smallest absolute Gasteiger partial charge is 0.141 e. The average Bonchev–Trinajstić information content (AvgIpc) is 2.63. The summed E-state index contributed by atoms with van der Waals surface area (Å²) in [6, 6.07) is 18.4. The number of rotatable bonds is 6. The number of halogens is 3. The van der Waals surface area contributed by atoms with Crippen molar-refractivity contribution in [3.05, 3.63) is 94.5 Å². The van der Waals surface area contributed by atoms with E-state index in [1.54, 1.807) is 24.3 Å². The van der Waals surface area contributed by atoms with Crippen LogP contribution in [0.5, 0.6) is 5.75 Å². The summed E-state index contributed by atoms with van der Waals surface area (Å²) < 4.78 is 31.7. The van der Waals surface area contributed by atoms with Gasteiger partial charge in [-0.3, -0.25) is 0 Å². The summed E-state index contributed by atoms with van der Waals surface area (Å²) in [6.07, 6.45) is 0. The van der Waals surface area contributed by atoms with Gasteiger partial charge in [0, 0.05) is 12.2 Å². The lowest BCUT2D eigenvalue weighted by Gasteiger charge is -2.09. The van der Waals surface area contributed by atoms with E-state index in [1.165, 1.54) is 18.2 Å². The van der Waals surface area contributed by atoms with Crippen LogP contribution in [0.15, 0.2) is 66.7 Å². The lowest BCUT2D eigenvalue weighted by atomic mass is 10.2. The standard InChI is InChI=1S/C20H16ClF2NO/c21-19-11-17(7-10-20(19)23)24-12-14-3-8-18(9-4-14)25-13-15-1-5-16(22)6-2-15/h1-11,24H,12-13H2. The van der Waals surface area contributed by atoms with Gasteiger partial charge < -0.3 is 10.1 Å². The lowest BCUT2D eigenvalue weighted by Crippen LogP contribution is -2.00. The van der Waals surface area contributed by atoms with Crippen molar-refractivity contribution >= 4 is 17.3 Å². The normalized spacial score (nSPS) is 10.5. The van der Waals surface area contributed by atoms with E-state index in [0.717, 1.165) is 22.6 Å². The van der Waals surface area contributed by atoms with E-state index >= 15 is 0 Å². The zero-order chi connectivity index (χ0) is 17.6. The maximum absolute atomic E-state index is 13.1. The third kappa shape index (κ3) is 4.94. The highest BCUT2D eigenvalue weighted by Gasteiger charge is 2.02. The van der Waals surface area contributed by atoms with Crippen LogP contribution in [0.25, 0.3) is 0 Å². The molecule has 0 aliphatic rings. The van der Waals surface area contributed by atoms with Gasteiger partial charge in [-0.15, -0.1) is 0 Å². The number of benzene rings is 3. The van der Waals surface area contributed by atoms with Crippen molar-refractivity contribution in [2.75, 3.05) is 5.32 Å². The Morgan fingerprint density at radius 2 is 1.52 bits per heavy atom. The van der Waals surface area contributed by atoms with Crippen LogP contribution < -0.4 is 10.1 Å². The Bertz CT molecular complexity index is 835. The van der Waals surface area contributed by atoms with Crippen molar-refractivity contribution in [2.24, 2.45) is 0 Å². The Morgan fingerprint density at radius 3 is 2.20 bits per heavy atom. The van der Waals surface area contributed by atoms with Crippen molar-refractivity contribution in [2.45, 2.75) is 13.2 Å². The van der Waals surface area contributed by atoms with Gasteiger partial charge in [0.05, 0.1) is 5.02 Å². The minimum absolute atomic E-state index is 0.0922. The lowest BCUT2D eigenvalue weighted by molar-refractivity contribution is 0.306. The summed E-state index contributed by atoms with van der Waals surface area (Å²) in [5.41, 5.74) is 2.71. The number of anilines is 1. The van der Waals surface area contributed by atoms with Crippen molar-refractivity contribution in [1.29, 1.82) is 0 Å². The van der Waals surface area contributed by atoms with Gasteiger partial charge in [-0.1, -0.05) is 35.9 Å². The van der Waals surface area contributed by atoms with Crippen LogP contribution in [0.2, 0.25) is 5.02 Å². The second kappa shape index (κ2) is 7.99. The molecule has 0 saturated heterocycles. The fraction of sp³-hybridized carbons (Fsp3) is 0.100. The van der Waals surface area contributed by atoms with Crippen LogP contribution in [0, 0.1) is 11.6 Å². The van der Waals surface area contributed by atoms with E-state index < -0.39 is 5.82 Å². The molecule has 2 nitrogen and oxygen atoms in total. The molecule has 0 aliphatic carbocycles. The summed E-state index contributed by atoms with van der Waals surface area (Å²) in [4.78, 5) is 0. The number of hydrogen-bond donors (Lipinski definition) is 1. The predicted octanol–water partition coefficient (Wildman–Crippen LogP) is 5.81. The van der Waals surface area contributed by atoms with Crippen molar-refractivity contribution in [3.8, 4) is 5.75 Å². The summed E-state index contributed by atoms with van der Waals surface area (Å²) in [5.74, 6) is 0.0378. The summed E-state index contributed by atoms with van der Waals surface area (Å²) in [5, 5.41) is 3.28. The summed E-state index contributed by atoms with van der Waals surface area (Å²) in [7, 11) is 0. The highest BCUT2D eigenvalue weighted by Crippen LogP contribution is 2.20. The average molecular weight is 360 g/mol. The summed E-state index contributed by atoms with van der Waals surface area (Å²) in [6.45, 7) is 0.964. The topological polar surface area (TPSA) is 21.3 Å². The van der Waals surface area contributed by atoms with Crippen LogP contribution in [-0.4, -0.2) is 0 Å². The van der Waals surface area contributed by atoms with Gasteiger partial charge >= 0.3 is 0 Å². The number of nitrogens with one attached hydrogen (secondary N) is 1. The van der Waals surface area contributed by atoms with Crippen LogP contribution in [-0.2, 0) is 13.2 Å². The molecule has 0 aliphatic heterocycles. The molecule has 3 aromatic rings. The monoisotopic (exact) mass is 359 g/mol. The number of hydrogen-bond acceptors (Lipinski definition) is 2. The van der Waals surface area contributed by atoms with Crippen molar-refractivity contribution in [1.82, 2.24) is 0 Å². The first-order chi connectivity index (χ1) is 12.1. The van der Waals surface area contributed by atoms with Gasteiger partial charge in [0.2, 0.25) is 0 Å². The Balaban J connectivity index is 1.53. The van der Waals surface area contributed by atoms with E-state index in [-0.39, 0.29) is 10.8 Å². The van der Waals surface area contributed by atoms with Gasteiger partial charge in [-0.2, -0.15) is 0 Å². The molecule has 5 heteroatoms. The minimum atomic E-state index is -0.435. The molecule has 0 radical (unpaired) electrons. The van der Waals surface area contributed by atoms with Crippen LogP contribution >= 0.6 is 11.6 Å². The predicted molar refractivity (Wildman–Crippen MR) is 95.9 cm³/mol. The molecule has 25 heavy (non-hydrogen) atoms. The molecule has 0 fully saturated rings. The van der Waals surface area contributed by atoms with E-state index in [1.807, 2.05) is 24.3 Å². The largest absolute Gasteiger partial charge is 0.489 e. The molecule has 0 amide bonds. The maximum Gasteiger partial charge on any atom is 0.141 e. The van der Waals surface area contributed by atoms with Crippen molar-refractivity contribution < 1.29 is 13.5 Å². The molecule has 0 aromatic heterocycles. The molecule has 1 N–H and O–H groups in total. The Hall–Kier alpha value is -2.59. The van der Waals surface area contributed by atoms with Gasteiger partial charge in [0.25, 0.3) is 0 Å². The van der Waals surface area contributed by atoms with Gasteiger partial charge in [-0.25, -0.2) is 8.78 Å². The van der Waals surface area contributed by atoms with Crippen molar-refractivity contribution in [3.63, 3.8) is 0 Å². The molecule has 0 bridgehead atoms. The van der Waals surface area contributed by atoms with E-state index in [4.69, 9.17) is 16.3 Å². The first kappa shape index (κ1) is 17.2. The molecule has 0 unspecified atom stereocenters. The highest BCUT2D eigenvalue weighted by molar-refractivity contribution is 6.31. The second-order valence-corrected chi connectivity index (χ2v) is 5.95. The first-order valence-electron chi connectivity index (χ1n) is 7.75.